The Bertz CT molecular complexity index is 366. The molecule has 1 rings (SSSR count). The van der Waals surface area contributed by atoms with Crippen molar-refractivity contribution in [1.82, 2.24) is 0 Å². The molecule has 0 bridgehead atoms. The van der Waals surface area contributed by atoms with E-state index in [1.807, 2.05) is 6.92 Å². The summed E-state index contributed by atoms with van der Waals surface area (Å²) in [6.45, 7) is 1.96. The highest BCUT2D eigenvalue weighted by molar-refractivity contribution is 6.18. The summed E-state index contributed by atoms with van der Waals surface area (Å²) in [4.78, 5) is 11.0. The van der Waals surface area contributed by atoms with Gasteiger partial charge in [0, 0.05) is 11.6 Å². The van der Waals surface area contributed by atoms with E-state index in [0.717, 1.165) is 0 Å². The zero-order chi connectivity index (χ0) is 11.4. The van der Waals surface area contributed by atoms with E-state index in [1.165, 1.54) is 0 Å². The first kappa shape index (κ1) is 11.9. The van der Waals surface area contributed by atoms with E-state index < -0.39 is 5.97 Å². The van der Waals surface area contributed by atoms with Gasteiger partial charge in [-0.2, -0.15) is 0 Å². The number of anilines is 1. The van der Waals surface area contributed by atoms with E-state index in [-0.39, 0.29) is 11.5 Å². The summed E-state index contributed by atoms with van der Waals surface area (Å²) in [5.74, 6) is -0.235. The molecule has 0 aliphatic rings. The average molecular weight is 228 g/mol. The highest BCUT2D eigenvalue weighted by Crippen LogP contribution is 2.21. The number of rotatable bonds is 4. The SMILES string of the molecule is CC(CCl)Cc1c(N)cccc1C(=O)O. The van der Waals surface area contributed by atoms with Crippen LogP contribution in [0.3, 0.4) is 0 Å². The zero-order valence-electron chi connectivity index (χ0n) is 8.53. The quantitative estimate of drug-likeness (QED) is 0.613. The maximum atomic E-state index is 11.0. The lowest BCUT2D eigenvalue weighted by atomic mass is 9.96. The van der Waals surface area contributed by atoms with Crippen LogP contribution in [-0.4, -0.2) is 17.0 Å². The minimum atomic E-state index is -0.945. The Morgan fingerprint density at radius 3 is 2.80 bits per heavy atom. The average Bonchev–Trinajstić information content (AvgIpc) is 2.20. The lowest BCUT2D eigenvalue weighted by Gasteiger charge is -2.12. The third-order valence-corrected chi connectivity index (χ3v) is 2.79. The van der Waals surface area contributed by atoms with Crippen LogP contribution in [0.1, 0.15) is 22.8 Å². The molecule has 0 heterocycles. The number of aromatic carboxylic acids is 1. The normalized spacial score (nSPS) is 12.4. The number of nitrogens with two attached hydrogens (primary N) is 1. The van der Waals surface area contributed by atoms with Crippen LogP contribution in [0.25, 0.3) is 0 Å². The summed E-state index contributed by atoms with van der Waals surface area (Å²) in [5.41, 5.74) is 7.23. The fourth-order valence-corrected chi connectivity index (χ4v) is 1.54. The van der Waals surface area contributed by atoms with E-state index in [9.17, 15) is 4.79 Å². The van der Waals surface area contributed by atoms with Gasteiger partial charge in [0.1, 0.15) is 0 Å². The van der Waals surface area contributed by atoms with Crippen LogP contribution >= 0.6 is 11.6 Å². The van der Waals surface area contributed by atoms with Crippen molar-refractivity contribution in [2.24, 2.45) is 5.92 Å². The second-order valence-corrected chi connectivity index (χ2v) is 3.95. The van der Waals surface area contributed by atoms with Crippen LogP contribution in [-0.2, 0) is 6.42 Å². The van der Waals surface area contributed by atoms with E-state index in [1.54, 1.807) is 18.2 Å². The topological polar surface area (TPSA) is 63.3 Å². The molecule has 0 amide bonds. The van der Waals surface area contributed by atoms with Gasteiger partial charge in [0.05, 0.1) is 5.56 Å². The van der Waals surface area contributed by atoms with Crippen molar-refractivity contribution in [3.63, 3.8) is 0 Å². The summed E-state index contributed by atoms with van der Waals surface area (Å²) >= 11 is 5.70. The molecule has 0 fully saturated rings. The first-order chi connectivity index (χ1) is 7.06. The van der Waals surface area contributed by atoms with Gasteiger partial charge in [0.15, 0.2) is 0 Å². The van der Waals surface area contributed by atoms with Crippen LogP contribution < -0.4 is 5.73 Å². The number of hydrogen-bond donors (Lipinski definition) is 2. The molecular weight excluding hydrogens is 214 g/mol. The Balaban J connectivity index is 3.07. The second-order valence-electron chi connectivity index (χ2n) is 3.64. The molecular formula is C11H14ClNO2. The molecule has 0 saturated heterocycles. The van der Waals surface area contributed by atoms with Crippen molar-refractivity contribution < 1.29 is 9.90 Å². The Morgan fingerprint density at radius 1 is 1.60 bits per heavy atom. The maximum Gasteiger partial charge on any atom is 0.336 e. The van der Waals surface area contributed by atoms with Crippen LogP contribution in [0.5, 0.6) is 0 Å². The largest absolute Gasteiger partial charge is 0.478 e. The predicted octanol–water partition coefficient (Wildman–Crippen LogP) is 2.38. The smallest absolute Gasteiger partial charge is 0.336 e. The number of halogens is 1. The van der Waals surface area contributed by atoms with Crippen LogP contribution in [0.2, 0.25) is 0 Å². The standard InChI is InChI=1S/C11H14ClNO2/c1-7(6-12)5-9-8(11(14)15)3-2-4-10(9)13/h2-4,7H,5-6,13H2,1H3,(H,14,15). The van der Waals surface area contributed by atoms with Crippen molar-refractivity contribution in [3.05, 3.63) is 29.3 Å². The molecule has 1 aromatic rings. The molecule has 0 aliphatic carbocycles. The van der Waals surface area contributed by atoms with Crippen molar-refractivity contribution in [2.75, 3.05) is 11.6 Å². The molecule has 1 atom stereocenters. The second kappa shape index (κ2) is 5.03. The third-order valence-electron chi connectivity index (χ3n) is 2.26. The molecule has 0 aromatic heterocycles. The van der Waals surface area contributed by atoms with E-state index in [0.29, 0.717) is 23.6 Å². The molecule has 1 unspecified atom stereocenters. The molecule has 0 radical (unpaired) electrons. The maximum absolute atomic E-state index is 11.0. The summed E-state index contributed by atoms with van der Waals surface area (Å²) < 4.78 is 0. The monoisotopic (exact) mass is 227 g/mol. The van der Waals surface area contributed by atoms with Crippen LogP contribution in [0, 0.1) is 5.92 Å². The molecule has 0 aliphatic heterocycles. The Kier molecular flexibility index (Phi) is 3.97. The van der Waals surface area contributed by atoms with Crippen molar-refractivity contribution in [1.29, 1.82) is 0 Å². The Hall–Kier alpha value is -1.22. The Labute approximate surface area is 93.9 Å². The van der Waals surface area contributed by atoms with E-state index in [2.05, 4.69) is 0 Å². The third kappa shape index (κ3) is 2.86. The van der Waals surface area contributed by atoms with Gasteiger partial charge >= 0.3 is 5.97 Å². The summed E-state index contributed by atoms with van der Waals surface area (Å²) in [6.07, 6.45) is 0.595. The van der Waals surface area contributed by atoms with Gasteiger partial charge in [-0.15, -0.1) is 11.6 Å². The minimum absolute atomic E-state index is 0.217. The van der Waals surface area contributed by atoms with Crippen LogP contribution in [0.4, 0.5) is 5.69 Å². The highest BCUT2D eigenvalue weighted by Gasteiger charge is 2.14. The first-order valence-electron chi connectivity index (χ1n) is 4.73. The lowest BCUT2D eigenvalue weighted by Crippen LogP contribution is -2.10. The fraction of sp³-hybridized carbons (Fsp3) is 0.364. The molecule has 0 spiro atoms. The van der Waals surface area contributed by atoms with Crippen LogP contribution in [0.15, 0.2) is 18.2 Å². The summed E-state index contributed by atoms with van der Waals surface area (Å²) in [6, 6.07) is 4.92. The number of nitrogen functional groups attached to an aromatic ring is 1. The first-order valence-corrected chi connectivity index (χ1v) is 5.26. The number of hydrogen-bond acceptors (Lipinski definition) is 2. The Morgan fingerprint density at radius 2 is 2.27 bits per heavy atom. The lowest BCUT2D eigenvalue weighted by molar-refractivity contribution is 0.0695. The number of alkyl halides is 1. The summed E-state index contributed by atoms with van der Waals surface area (Å²) in [7, 11) is 0. The molecule has 1 aromatic carbocycles. The van der Waals surface area contributed by atoms with Crippen molar-refractivity contribution in [2.45, 2.75) is 13.3 Å². The van der Waals surface area contributed by atoms with Gasteiger partial charge in [-0.05, 0) is 30.0 Å². The summed E-state index contributed by atoms with van der Waals surface area (Å²) in [5, 5.41) is 8.99. The predicted molar refractivity (Wildman–Crippen MR) is 61.4 cm³/mol. The molecule has 82 valence electrons. The minimum Gasteiger partial charge on any atom is -0.478 e. The van der Waals surface area contributed by atoms with Crippen molar-refractivity contribution in [3.8, 4) is 0 Å². The number of carbonyl (C=O) groups is 1. The zero-order valence-corrected chi connectivity index (χ0v) is 9.29. The van der Waals surface area contributed by atoms with Gasteiger partial charge in [-0.3, -0.25) is 0 Å². The van der Waals surface area contributed by atoms with Gasteiger partial charge in [-0.25, -0.2) is 4.79 Å². The molecule has 4 heteroatoms. The van der Waals surface area contributed by atoms with Gasteiger partial charge < -0.3 is 10.8 Å². The van der Waals surface area contributed by atoms with Gasteiger partial charge in [0.2, 0.25) is 0 Å². The number of carboxylic acids is 1. The molecule has 0 saturated carbocycles. The molecule has 3 N–H and O–H groups in total. The van der Waals surface area contributed by atoms with Crippen molar-refractivity contribution >= 4 is 23.3 Å². The van der Waals surface area contributed by atoms with Gasteiger partial charge in [0.25, 0.3) is 0 Å². The number of carboxylic acid groups (broad SMARTS) is 1. The van der Waals surface area contributed by atoms with E-state index in [4.69, 9.17) is 22.4 Å². The molecule has 3 nitrogen and oxygen atoms in total. The highest BCUT2D eigenvalue weighted by atomic mass is 35.5. The van der Waals surface area contributed by atoms with Gasteiger partial charge in [-0.1, -0.05) is 13.0 Å². The molecule has 15 heavy (non-hydrogen) atoms. The fourth-order valence-electron chi connectivity index (χ4n) is 1.44. The van der Waals surface area contributed by atoms with E-state index >= 15 is 0 Å². The number of benzene rings is 1.